The van der Waals surface area contributed by atoms with E-state index in [0.29, 0.717) is 0 Å². The van der Waals surface area contributed by atoms with Crippen LogP contribution in [0.15, 0.2) is 18.2 Å². The molecule has 0 amide bonds. The first-order chi connectivity index (χ1) is 7.89. The third-order valence-corrected chi connectivity index (χ3v) is 2.29. The molecule has 7 heteroatoms. The number of alkyl halides is 3. The van der Waals surface area contributed by atoms with Gasteiger partial charge < -0.3 is 5.11 Å². The summed E-state index contributed by atoms with van der Waals surface area (Å²) in [6.45, 7) is 0. The monoisotopic (exact) mass is 244 g/mol. The van der Waals surface area contributed by atoms with Crippen molar-refractivity contribution in [1.29, 1.82) is 0 Å². The van der Waals surface area contributed by atoms with Crippen LogP contribution in [-0.4, -0.2) is 21.3 Å². The molecule has 0 bridgehead atoms. The normalized spacial score (nSPS) is 11.9. The van der Waals surface area contributed by atoms with E-state index < -0.39 is 24.3 Å². The van der Waals surface area contributed by atoms with Gasteiger partial charge in [0, 0.05) is 5.39 Å². The van der Waals surface area contributed by atoms with Gasteiger partial charge in [-0.1, -0.05) is 12.1 Å². The molecule has 2 N–H and O–H groups in total. The summed E-state index contributed by atoms with van der Waals surface area (Å²) in [5, 5.41) is 13.9. The number of hydrogen-bond acceptors (Lipinski definition) is 2. The van der Waals surface area contributed by atoms with Crippen molar-refractivity contribution in [1.82, 2.24) is 10.2 Å². The molecular formula is C10H7F3N2O2. The average molecular weight is 244 g/mol. The van der Waals surface area contributed by atoms with E-state index in [1.54, 1.807) is 0 Å². The maximum atomic E-state index is 12.6. The van der Waals surface area contributed by atoms with E-state index in [-0.39, 0.29) is 16.5 Å². The Labute approximate surface area is 93.1 Å². The molecule has 0 saturated heterocycles. The van der Waals surface area contributed by atoms with Crippen LogP contribution in [0.5, 0.6) is 0 Å². The van der Waals surface area contributed by atoms with Gasteiger partial charge in [0.05, 0.1) is 11.9 Å². The highest BCUT2D eigenvalue weighted by Crippen LogP contribution is 2.34. The maximum absolute atomic E-state index is 12.6. The Morgan fingerprint density at radius 3 is 2.71 bits per heavy atom. The van der Waals surface area contributed by atoms with Crippen molar-refractivity contribution in [3.8, 4) is 0 Å². The fraction of sp³-hybridized carbons (Fsp3) is 0.200. The molecule has 0 unspecified atom stereocenters. The topological polar surface area (TPSA) is 66.0 Å². The molecule has 0 atom stereocenters. The van der Waals surface area contributed by atoms with Gasteiger partial charge >= 0.3 is 12.1 Å². The van der Waals surface area contributed by atoms with Gasteiger partial charge in [0.2, 0.25) is 0 Å². The van der Waals surface area contributed by atoms with E-state index in [1.807, 2.05) is 5.10 Å². The van der Waals surface area contributed by atoms with Crippen LogP contribution in [-0.2, 0) is 17.4 Å². The Kier molecular flexibility index (Phi) is 2.53. The SMILES string of the molecule is O=C(O)Cc1cccc2n[nH]c(C(F)(F)F)c12. The Bertz CT molecular complexity index is 574. The van der Waals surface area contributed by atoms with Gasteiger partial charge in [-0.25, -0.2) is 0 Å². The average Bonchev–Trinajstić information content (AvgIpc) is 2.60. The number of H-pyrrole nitrogens is 1. The first kappa shape index (κ1) is 11.4. The largest absolute Gasteiger partial charge is 0.481 e. The molecule has 0 saturated carbocycles. The van der Waals surface area contributed by atoms with Crippen LogP contribution >= 0.6 is 0 Å². The van der Waals surface area contributed by atoms with Crippen molar-refractivity contribution in [2.75, 3.05) is 0 Å². The van der Waals surface area contributed by atoms with E-state index in [0.717, 1.165) is 0 Å². The zero-order valence-electron chi connectivity index (χ0n) is 8.38. The zero-order valence-corrected chi connectivity index (χ0v) is 8.38. The molecule has 0 spiro atoms. The number of carboxylic acid groups (broad SMARTS) is 1. The number of carbonyl (C=O) groups is 1. The highest BCUT2D eigenvalue weighted by Gasteiger charge is 2.35. The Morgan fingerprint density at radius 1 is 1.41 bits per heavy atom. The highest BCUT2D eigenvalue weighted by molar-refractivity contribution is 5.88. The van der Waals surface area contributed by atoms with Crippen LogP contribution in [0.4, 0.5) is 13.2 Å². The van der Waals surface area contributed by atoms with Crippen molar-refractivity contribution >= 4 is 16.9 Å². The number of halogens is 3. The molecule has 90 valence electrons. The highest BCUT2D eigenvalue weighted by atomic mass is 19.4. The minimum Gasteiger partial charge on any atom is -0.481 e. The Hall–Kier alpha value is -2.05. The molecule has 17 heavy (non-hydrogen) atoms. The van der Waals surface area contributed by atoms with E-state index in [4.69, 9.17) is 5.11 Å². The predicted octanol–water partition coefficient (Wildman–Crippen LogP) is 2.21. The summed E-state index contributed by atoms with van der Waals surface area (Å²) in [5.74, 6) is -1.19. The first-order valence-corrected chi connectivity index (χ1v) is 4.64. The second-order valence-corrected chi connectivity index (χ2v) is 3.48. The van der Waals surface area contributed by atoms with Gasteiger partial charge in [-0.15, -0.1) is 0 Å². The summed E-state index contributed by atoms with van der Waals surface area (Å²) >= 11 is 0. The molecule has 1 aromatic heterocycles. The molecule has 0 aliphatic carbocycles. The molecule has 0 aliphatic heterocycles. The summed E-state index contributed by atoms with van der Waals surface area (Å²) in [6, 6.07) is 4.22. The van der Waals surface area contributed by atoms with Crippen LogP contribution in [0.2, 0.25) is 0 Å². The number of aromatic amines is 1. The smallest absolute Gasteiger partial charge is 0.433 e. The third kappa shape index (κ3) is 2.08. The Balaban J connectivity index is 2.68. The van der Waals surface area contributed by atoms with E-state index in [9.17, 15) is 18.0 Å². The first-order valence-electron chi connectivity index (χ1n) is 4.64. The molecule has 0 fully saturated rings. The van der Waals surface area contributed by atoms with Crippen molar-refractivity contribution in [3.63, 3.8) is 0 Å². The summed E-state index contributed by atoms with van der Waals surface area (Å²) in [7, 11) is 0. The fourth-order valence-electron chi connectivity index (χ4n) is 1.66. The minimum absolute atomic E-state index is 0.0936. The standard InChI is InChI=1S/C10H7F3N2O2/c11-10(12,13)9-8-5(4-7(16)17)2-1-3-6(8)14-15-9/h1-3H,4H2,(H,14,15)(H,16,17). The predicted molar refractivity (Wildman–Crippen MR) is 52.4 cm³/mol. The van der Waals surface area contributed by atoms with Crippen LogP contribution in [0.1, 0.15) is 11.3 Å². The van der Waals surface area contributed by atoms with E-state index in [2.05, 4.69) is 5.10 Å². The van der Waals surface area contributed by atoms with Crippen molar-refractivity contribution in [2.45, 2.75) is 12.6 Å². The summed E-state index contributed by atoms with van der Waals surface area (Å²) in [4.78, 5) is 10.6. The summed E-state index contributed by atoms with van der Waals surface area (Å²) < 4.78 is 37.9. The lowest BCUT2D eigenvalue weighted by Gasteiger charge is -2.06. The number of aliphatic carboxylic acids is 1. The lowest BCUT2D eigenvalue weighted by atomic mass is 10.0. The summed E-state index contributed by atoms with van der Waals surface area (Å²) in [5.41, 5.74) is -0.809. The maximum Gasteiger partial charge on any atom is 0.433 e. The van der Waals surface area contributed by atoms with E-state index in [1.165, 1.54) is 18.2 Å². The van der Waals surface area contributed by atoms with Crippen LogP contribution in [0.25, 0.3) is 10.9 Å². The second kappa shape index (κ2) is 3.76. The molecule has 2 rings (SSSR count). The number of nitrogens with zero attached hydrogens (tertiary/aromatic N) is 1. The number of aromatic nitrogens is 2. The number of hydrogen-bond donors (Lipinski definition) is 2. The van der Waals surface area contributed by atoms with Gasteiger partial charge in [0.15, 0.2) is 0 Å². The van der Waals surface area contributed by atoms with E-state index >= 15 is 0 Å². The summed E-state index contributed by atoms with van der Waals surface area (Å²) in [6.07, 6.45) is -5.05. The molecule has 4 nitrogen and oxygen atoms in total. The van der Waals surface area contributed by atoms with Gasteiger partial charge in [0.25, 0.3) is 0 Å². The van der Waals surface area contributed by atoms with Gasteiger partial charge in [0.1, 0.15) is 5.69 Å². The second-order valence-electron chi connectivity index (χ2n) is 3.48. The molecule has 1 aromatic carbocycles. The lowest BCUT2D eigenvalue weighted by Crippen LogP contribution is -2.08. The number of carboxylic acids is 1. The zero-order chi connectivity index (χ0) is 12.6. The molecule has 2 aromatic rings. The Morgan fingerprint density at radius 2 is 2.12 bits per heavy atom. The fourth-order valence-corrected chi connectivity index (χ4v) is 1.66. The number of rotatable bonds is 2. The molecular weight excluding hydrogens is 237 g/mol. The number of nitrogens with one attached hydrogen (secondary N) is 1. The van der Waals surface area contributed by atoms with Crippen LogP contribution in [0.3, 0.4) is 0 Å². The molecule has 0 aliphatic rings. The van der Waals surface area contributed by atoms with Gasteiger partial charge in [-0.2, -0.15) is 18.3 Å². The van der Waals surface area contributed by atoms with Crippen LogP contribution < -0.4 is 0 Å². The lowest BCUT2D eigenvalue weighted by molar-refractivity contribution is -0.140. The van der Waals surface area contributed by atoms with Crippen LogP contribution in [0, 0.1) is 0 Å². The quantitative estimate of drug-likeness (QED) is 0.851. The van der Waals surface area contributed by atoms with Crippen molar-refractivity contribution < 1.29 is 23.1 Å². The minimum atomic E-state index is -4.58. The van der Waals surface area contributed by atoms with Gasteiger partial charge in [-0.05, 0) is 11.6 Å². The molecule has 1 heterocycles. The number of fused-ring (bicyclic) bond motifs is 1. The third-order valence-electron chi connectivity index (χ3n) is 2.29. The molecule has 0 radical (unpaired) electrons. The van der Waals surface area contributed by atoms with Gasteiger partial charge in [-0.3, -0.25) is 9.89 Å². The van der Waals surface area contributed by atoms with Crippen molar-refractivity contribution in [2.24, 2.45) is 0 Å². The number of benzene rings is 1. The van der Waals surface area contributed by atoms with Crippen molar-refractivity contribution in [3.05, 3.63) is 29.5 Å².